The molecular weight excluding hydrogens is 302 g/mol. The Kier molecular flexibility index (Phi) is 3.11. The van der Waals surface area contributed by atoms with Gasteiger partial charge in [0.05, 0.1) is 0 Å². The summed E-state index contributed by atoms with van der Waals surface area (Å²) in [6.07, 6.45) is 0.914. The van der Waals surface area contributed by atoms with Gasteiger partial charge in [-0.15, -0.1) is 34.0 Å². The number of nitrogens with two attached hydrogens (primary N) is 1. The van der Waals surface area contributed by atoms with Crippen LogP contribution in [0.3, 0.4) is 0 Å². The second-order valence-electron chi connectivity index (χ2n) is 4.87. The van der Waals surface area contributed by atoms with Gasteiger partial charge in [0, 0.05) is 25.0 Å². The third-order valence-electron chi connectivity index (χ3n) is 3.52. The molecular formula is C16H13NS3. The second kappa shape index (κ2) is 4.97. The van der Waals surface area contributed by atoms with E-state index in [4.69, 9.17) is 5.73 Å². The molecule has 0 aliphatic carbocycles. The highest BCUT2D eigenvalue weighted by Gasteiger charge is 2.14. The van der Waals surface area contributed by atoms with Crippen LogP contribution in [0.4, 0.5) is 0 Å². The van der Waals surface area contributed by atoms with Gasteiger partial charge in [-0.2, -0.15) is 0 Å². The van der Waals surface area contributed by atoms with Crippen LogP contribution in [0.25, 0.3) is 19.5 Å². The average Bonchev–Trinajstić information content (AvgIpc) is 3.12. The van der Waals surface area contributed by atoms with Gasteiger partial charge >= 0.3 is 0 Å². The average molecular weight is 315 g/mol. The van der Waals surface area contributed by atoms with E-state index in [2.05, 4.69) is 47.2 Å². The molecule has 0 aliphatic heterocycles. The second-order valence-corrected chi connectivity index (χ2v) is 7.84. The summed E-state index contributed by atoms with van der Waals surface area (Å²) in [5, 5.41) is 5.75. The zero-order valence-electron chi connectivity index (χ0n) is 10.7. The van der Waals surface area contributed by atoms with Crippen LogP contribution in [-0.4, -0.2) is 0 Å². The third-order valence-corrected chi connectivity index (χ3v) is 6.76. The SMILES string of the molecule is NC(Cc1csc2ccccc12)c1cc2sccc2s1. The van der Waals surface area contributed by atoms with Crippen LogP contribution in [-0.2, 0) is 6.42 Å². The lowest BCUT2D eigenvalue weighted by Gasteiger charge is -2.08. The van der Waals surface area contributed by atoms with E-state index in [0.717, 1.165) is 6.42 Å². The number of rotatable bonds is 3. The summed E-state index contributed by atoms with van der Waals surface area (Å²) in [6.45, 7) is 0. The van der Waals surface area contributed by atoms with Crippen LogP contribution in [0.15, 0.2) is 47.2 Å². The maximum Gasteiger partial charge on any atom is 0.0454 e. The molecule has 3 heterocycles. The van der Waals surface area contributed by atoms with Crippen LogP contribution in [0.5, 0.6) is 0 Å². The van der Waals surface area contributed by atoms with Gasteiger partial charge in [0.15, 0.2) is 0 Å². The Bertz CT molecular complexity index is 839. The molecule has 0 amide bonds. The molecule has 0 saturated heterocycles. The fraction of sp³-hybridized carbons (Fsp3) is 0.125. The van der Waals surface area contributed by atoms with Gasteiger partial charge in [-0.1, -0.05) is 18.2 Å². The highest BCUT2D eigenvalue weighted by molar-refractivity contribution is 7.27. The van der Waals surface area contributed by atoms with Crippen molar-refractivity contribution in [3.05, 3.63) is 57.6 Å². The van der Waals surface area contributed by atoms with E-state index in [1.54, 1.807) is 11.3 Å². The van der Waals surface area contributed by atoms with Crippen molar-refractivity contribution in [2.24, 2.45) is 5.73 Å². The lowest BCUT2D eigenvalue weighted by Crippen LogP contribution is -2.11. The molecule has 0 fully saturated rings. The number of hydrogen-bond donors (Lipinski definition) is 1. The fourth-order valence-corrected chi connectivity index (χ4v) is 5.59. The molecule has 0 aliphatic rings. The lowest BCUT2D eigenvalue weighted by atomic mass is 10.0. The van der Waals surface area contributed by atoms with Crippen molar-refractivity contribution in [3.63, 3.8) is 0 Å². The zero-order chi connectivity index (χ0) is 13.5. The van der Waals surface area contributed by atoms with Crippen molar-refractivity contribution in [2.75, 3.05) is 0 Å². The Hall–Kier alpha value is -1.20. The monoisotopic (exact) mass is 315 g/mol. The van der Waals surface area contributed by atoms with Crippen LogP contribution in [0.1, 0.15) is 16.5 Å². The Morgan fingerprint density at radius 1 is 1.00 bits per heavy atom. The Balaban J connectivity index is 1.66. The summed E-state index contributed by atoms with van der Waals surface area (Å²) >= 11 is 5.43. The molecule has 2 N–H and O–H groups in total. The van der Waals surface area contributed by atoms with Crippen LogP contribution in [0.2, 0.25) is 0 Å². The van der Waals surface area contributed by atoms with Crippen LogP contribution in [0, 0.1) is 0 Å². The quantitative estimate of drug-likeness (QED) is 0.537. The van der Waals surface area contributed by atoms with Crippen molar-refractivity contribution < 1.29 is 0 Å². The van der Waals surface area contributed by atoms with Crippen molar-refractivity contribution in [3.8, 4) is 0 Å². The van der Waals surface area contributed by atoms with Gasteiger partial charge in [0.1, 0.15) is 0 Å². The Labute approximate surface area is 129 Å². The summed E-state index contributed by atoms with van der Waals surface area (Å²) in [5.41, 5.74) is 7.79. The molecule has 20 heavy (non-hydrogen) atoms. The van der Waals surface area contributed by atoms with Gasteiger partial charge in [0.25, 0.3) is 0 Å². The Morgan fingerprint density at radius 2 is 1.90 bits per heavy atom. The molecule has 4 heteroatoms. The number of benzene rings is 1. The standard InChI is InChI=1S/C16H13NS3/c17-12(15-8-16-14(20-15)5-6-18-16)7-10-9-19-13-4-2-1-3-11(10)13/h1-6,8-9,12H,7,17H2. The minimum atomic E-state index is 0.0950. The van der Waals surface area contributed by atoms with E-state index in [1.807, 2.05) is 22.7 Å². The number of hydrogen-bond acceptors (Lipinski definition) is 4. The largest absolute Gasteiger partial charge is 0.323 e. The highest BCUT2D eigenvalue weighted by Crippen LogP contribution is 2.35. The number of thiophene rings is 3. The highest BCUT2D eigenvalue weighted by atomic mass is 32.1. The first-order chi connectivity index (χ1) is 9.81. The van der Waals surface area contributed by atoms with Gasteiger partial charge in [0.2, 0.25) is 0 Å². The molecule has 3 aromatic heterocycles. The van der Waals surface area contributed by atoms with Gasteiger partial charge in [-0.05, 0) is 46.3 Å². The van der Waals surface area contributed by atoms with Crippen molar-refractivity contribution in [2.45, 2.75) is 12.5 Å². The molecule has 0 spiro atoms. The van der Waals surface area contributed by atoms with Gasteiger partial charge < -0.3 is 5.73 Å². The Morgan fingerprint density at radius 3 is 2.80 bits per heavy atom. The molecule has 4 aromatic rings. The van der Waals surface area contributed by atoms with Crippen molar-refractivity contribution in [1.29, 1.82) is 0 Å². The molecule has 4 rings (SSSR count). The predicted molar refractivity (Wildman–Crippen MR) is 92.2 cm³/mol. The molecule has 100 valence electrons. The molecule has 0 saturated carbocycles. The molecule has 1 unspecified atom stereocenters. The molecule has 1 aromatic carbocycles. The zero-order valence-corrected chi connectivity index (χ0v) is 13.2. The first kappa shape index (κ1) is 12.5. The third kappa shape index (κ3) is 2.09. The first-order valence-electron chi connectivity index (χ1n) is 6.49. The smallest absolute Gasteiger partial charge is 0.0454 e. The fourth-order valence-electron chi connectivity index (χ4n) is 2.50. The maximum atomic E-state index is 6.42. The van der Waals surface area contributed by atoms with E-state index in [0.29, 0.717) is 0 Å². The maximum absolute atomic E-state index is 6.42. The van der Waals surface area contributed by atoms with E-state index < -0.39 is 0 Å². The van der Waals surface area contributed by atoms with Crippen molar-refractivity contribution >= 4 is 53.5 Å². The summed E-state index contributed by atoms with van der Waals surface area (Å²) < 4.78 is 4.06. The van der Waals surface area contributed by atoms with Gasteiger partial charge in [-0.25, -0.2) is 0 Å². The minimum absolute atomic E-state index is 0.0950. The summed E-state index contributed by atoms with van der Waals surface area (Å²) in [4.78, 5) is 1.29. The molecule has 0 bridgehead atoms. The topological polar surface area (TPSA) is 26.0 Å². The van der Waals surface area contributed by atoms with Crippen molar-refractivity contribution in [1.82, 2.24) is 0 Å². The van der Waals surface area contributed by atoms with E-state index in [1.165, 1.54) is 29.9 Å². The van der Waals surface area contributed by atoms with E-state index in [-0.39, 0.29) is 6.04 Å². The summed E-state index contributed by atoms with van der Waals surface area (Å²) in [7, 11) is 0. The van der Waals surface area contributed by atoms with Crippen LogP contribution < -0.4 is 5.73 Å². The first-order valence-corrected chi connectivity index (χ1v) is 9.06. The minimum Gasteiger partial charge on any atom is -0.323 e. The lowest BCUT2D eigenvalue weighted by molar-refractivity contribution is 0.742. The predicted octanol–water partition coefficient (Wildman–Crippen LogP) is 5.42. The normalized spacial score (nSPS) is 13.2. The molecule has 0 radical (unpaired) electrons. The van der Waals surface area contributed by atoms with E-state index >= 15 is 0 Å². The van der Waals surface area contributed by atoms with E-state index in [9.17, 15) is 0 Å². The molecule has 1 atom stereocenters. The summed E-state index contributed by atoms with van der Waals surface area (Å²) in [6, 6.07) is 13.1. The number of fused-ring (bicyclic) bond motifs is 2. The van der Waals surface area contributed by atoms with Crippen LogP contribution >= 0.6 is 34.0 Å². The summed E-state index contributed by atoms with van der Waals surface area (Å²) in [5.74, 6) is 0. The van der Waals surface area contributed by atoms with Gasteiger partial charge in [-0.3, -0.25) is 0 Å². The molecule has 1 nitrogen and oxygen atoms in total.